The Kier molecular flexibility index (Phi) is 4.06. The van der Waals surface area contributed by atoms with Crippen LogP contribution in [0.1, 0.15) is 18.9 Å². The molecule has 1 nitrogen and oxygen atoms in total. The van der Waals surface area contributed by atoms with E-state index in [2.05, 4.69) is 19.3 Å². The van der Waals surface area contributed by atoms with Gasteiger partial charge in [-0.1, -0.05) is 43.3 Å². The average Bonchev–Trinajstić information content (AvgIpc) is 2.64. The first-order valence-electron chi connectivity index (χ1n) is 6.04. The van der Waals surface area contributed by atoms with Crippen molar-refractivity contribution in [3.05, 3.63) is 42.0 Å². The minimum absolute atomic E-state index is 0.192. The van der Waals surface area contributed by atoms with Gasteiger partial charge in [0.05, 0.1) is 0 Å². The Morgan fingerprint density at radius 2 is 1.94 bits per heavy atom. The summed E-state index contributed by atoms with van der Waals surface area (Å²) in [5.41, 5.74) is 1.99. The van der Waals surface area contributed by atoms with Gasteiger partial charge in [0.1, 0.15) is 0 Å². The van der Waals surface area contributed by atoms with E-state index in [-0.39, 0.29) is 5.92 Å². The predicted molar refractivity (Wildman–Crippen MR) is 75.1 cm³/mol. The number of benzene rings is 1. The Balaban J connectivity index is 2.17. The summed E-state index contributed by atoms with van der Waals surface area (Å²) < 4.78 is 0. The number of hydrogen-bond acceptors (Lipinski definition) is 2. The smallest absolute Gasteiger partial charge is 0.166 e. The molecule has 17 heavy (non-hydrogen) atoms. The summed E-state index contributed by atoms with van der Waals surface area (Å²) in [4.78, 5) is 12.3. The molecule has 0 aliphatic heterocycles. The summed E-state index contributed by atoms with van der Waals surface area (Å²) >= 11 is 1.81. The topological polar surface area (TPSA) is 17.1 Å². The van der Waals surface area contributed by atoms with Crippen LogP contribution in [-0.4, -0.2) is 17.8 Å². The molecule has 90 valence electrons. The third-order valence-electron chi connectivity index (χ3n) is 3.38. The Bertz CT molecular complexity index is 422. The van der Waals surface area contributed by atoms with Crippen molar-refractivity contribution >= 4 is 23.1 Å². The Labute approximate surface area is 107 Å². The van der Waals surface area contributed by atoms with Crippen molar-refractivity contribution in [1.82, 2.24) is 0 Å². The molecule has 1 aromatic carbocycles. The molecule has 0 amide bonds. The fourth-order valence-electron chi connectivity index (χ4n) is 2.39. The summed E-state index contributed by atoms with van der Waals surface area (Å²) in [5.74, 6) is 1.97. The third kappa shape index (κ3) is 2.63. The molecule has 1 aliphatic rings. The summed E-state index contributed by atoms with van der Waals surface area (Å²) in [6.45, 7) is 2.15. The van der Waals surface area contributed by atoms with Gasteiger partial charge in [0.25, 0.3) is 0 Å². The number of carbonyl (C=O) groups excluding carboxylic acids is 1. The Hall–Kier alpha value is -1.02. The maximum absolute atomic E-state index is 12.3. The molecule has 0 unspecified atom stereocenters. The van der Waals surface area contributed by atoms with Gasteiger partial charge in [-0.15, -0.1) is 0 Å². The molecule has 0 saturated carbocycles. The second-order valence-electron chi connectivity index (χ2n) is 4.56. The van der Waals surface area contributed by atoms with Crippen LogP contribution < -0.4 is 0 Å². The van der Waals surface area contributed by atoms with Crippen LogP contribution in [0.4, 0.5) is 0 Å². The van der Waals surface area contributed by atoms with Crippen LogP contribution in [0.25, 0.3) is 5.57 Å². The lowest BCUT2D eigenvalue weighted by Gasteiger charge is -2.13. The molecular formula is C15H18OS. The van der Waals surface area contributed by atoms with Crippen molar-refractivity contribution in [1.29, 1.82) is 0 Å². The maximum atomic E-state index is 12.3. The minimum atomic E-state index is 0.192. The minimum Gasteiger partial charge on any atom is -0.294 e. The third-order valence-corrected chi connectivity index (χ3v) is 4.03. The zero-order valence-corrected chi connectivity index (χ0v) is 11.2. The lowest BCUT2D eigenvalue weighted by molar-refractivity contribution is -0.117. The molecule has 0 aromatic heterocycles. The molecule has 0 bridgehead atoms. The molecule has 0 radical (unpaired) electrons. The SMILES string of the molecule is CSCC[C@H]1C(=O)C(c2ccccc2)=C[C@@H]1C. The number of thioether (sulfide) groups is 1. The van der Waals surface area contributed by atoms with Crippen molar-refractivity contribution in [2.45, 2.75) is 13.3 Å². The van der Waals surface area contributed by atoms with Crippen LogP contribution >= 0.6 is 11.8 Å². The van der Waals surface area contributed by atoms with Gasteiger partial charge in [-0.25, -0.2) is 0 Å². The molecule has 0 spiro atoms. The number of allylic oxidation sites excluding steroid dienone is 2. The predicted octanol–water partition coefficient (Wildman–Crippen LogP) is 3.66. The normalized spacial score (nSPS) is 23.9. The van der Waals surface area contributed by atoms with E-state index in [1.165, 1.54) is 0 Å². The van der Waals surface area contributed by atoms with Crippen LogP contribution in [0, 0.1) is 11.8 Å². The van der Waals surface area contributed by atoms with Crippen LogP contribution in [0.5, 0.6) is 0 Å². The van der Waals surface area contributed by atoms with E-state index in [9.17, 15) is 4.79 Å². The van der Waals surface area contributed by atoms with Crippen LogP contribution in [0.3, 0.4) is 0 Å². The van der Waals surface area contributed by atoms with Gasteiger partial charge < -0.3 is 0 Å². The molecule has 0 heterocycles. The van der Waals surface area contributed by atoms with Crippen LogP contribution in [-0.2, 0) is 4.79 Å². The lowest BCUT2D eigenvalue weighted by atomic mass is 9.92. The highest BCUT2D eigenvalue weighted by Crippen LogP contribution is 2.35. The van der Waals surface area contributed by atoms with Crippen molar-refractivity contribution < 1.29 is 4.79 Å². The van der Waals surface area contributed by atoms with E-state index in [1.54, 1.807) is 0 Å². The van der Waals surface area contributed by atoms with E-state index in [0.29, 0.717) is 11.7 Å². The molecule has 0 saturated heterocycles. The van der Waals surface area contributed by atoms with Gasteiger partial charge in [-0.3, -0.25) is 4.79 Å². The van der Waals surface area contributed by atoms with Crippen molar-refractivity contribution in [2.75, 3.05) is 12.0 Å². The first-order chi connectivity index (χ1) is 8.24. The lowest BCUT2D eigenvalue weighted by Crippen LogP contribution is -2.16. The van der Waals surface area contributed by atoms with E-state index in [0.717, 1.165) is 23.3 Å². The van der Waals surface area contributed by atoms with Gasteiger partial charge in [-0.05, 0) is 29.9 Å². The van der Waals surface area contributed by atoms with Gasteiger partial charge >= 0.3 is 0 Å². The zero-order valence-electron chi connectivity index (χ0n) is 10.3. The molecule has 2 rings (SSSR count). The summed E-state index contributed by atoms with van der Waals surface area (Å²) in [5, 5.41) is 0. The second-order valence-corrected chi connectivity index (χ2v) is 5.54. The molecular weight excluding hydrogens is 228 g/mol. The highest BCUT2D eigenvalue weighted by molar-refractivity contribution is 7.98. The van der Waals surface area contributed by atoms with E-state index in [1.807, 2.05) is 42.1 Å². The number of ketones is 1. The number of Topliss-reactive ketones (excluding diaryl/α,β-unsaturated/α-hetero) is 1. The Morgan fingerprint density at radius 3 is 2.59 bits per heavy atom. The number of rotatable bonds is 4. The maximum Gasteiger partial charge on any atom is 0.166 e. The van der Waals surface area contributed by atoms with Crippen molar-refractivity contribution in [3.8, 4) is 0 Å². The molecule has 2 atom stereocenters. The molecule has 1 aliphatic carbocycles. The van der Waals surface area contributed by atoms with Crippen molar-refractivity contribution in [2.24, 2.45) is 11.8 Å². The van der Waals surface area contributed by atoms with Gasteiger partial charge in [0, 0.05) is 11.5 Å². The fraction of sp³-hybridized carbons (Fsp3) is 0.400. The largest absolute Gasteiger partial charge is 0.294 e. The monoisotopic (exact) mass is 246 g/mol. The second kappa shape index (κ2) is 5.54. The van der Waals surface area contributed by atoms with E-state index in [4.69, 9.17) is 0 Å². The zero-order chi connectivity index (χ0) is 12.3. The summed E-state index contributed by atoms with van der Waals surface area (Å²) in [6.07, 6.45) is 5.23. The average molecular weight is 246 g/mol. The van der Waals surface area contributed by atoms with Gasteiger partial charge in [-0.2, -0.15) is 11.8 Å². The fourth-order valence-corrected chi connectivity index (χ4v) is 2.88. The van der Waals surface area contributed by atoms with Gasteiger partial charge in [0.2, 0.25) is 0 Å². The highest BCUT2D eigenvalue weighted by Gasteiger charge is 2.32. The Morgan fingerprint density at radius 1 is 1.24 bits per heavy atom. The first-order valence-corrected chi connectivity index (χ1v) is 7.44. The molecule has 0 N–H and O–H groups in total. The number of hydrogen-bond donors (Lipinski definition) is 0. The molecule has 0 fully saturated rings. The van der Waals surface area contributed by atoms with Crippen LogP contribution in [0.2, 0.25) is 0 Å². The summed E-state index contributed by atoms with van der Waals surface area (Å²) in [6, 6.07) is 10.0. The quantitative estimate of drug-likeness (QED) is 0.806. The van der Waals surface area contributed by atoms with Crippen molar-refractivity contribution in [3.63, 3.8) is 0 Å². The van der Waals surface area contributed by atoms with Crippen LogP contribution in [0.15, 0.2) is 36.4 Å². The van der Waals surface area contributed by atoms with Gasteiger partial charge in [0.15, 0.2) is 5.78 Å². The standard InChI is InChI=1S/C15H18OS/c1-11-10-14(12-6-4-3-5-7-12)15(16)13(11)8-9-17-2/h3-7,10-11,13H,8-9H2,1-2H3/t11-,13+/m0/s1. The first kappa shape index (κ1) is 12.4. The summed E-state index contributed by atoms with van der Waals surface area (Å²) in [7, 11) is 0. The number of carbonyl (C=O) groups is 1. The molecule has 1 aromatic rings. The molecule has 2 heteroatoms. The van der Waals surface area contributed by atoms with E-state index >= 15 is 0 Å². The van der Waals surface area contributed by atoms with E-state index < -0.39 is 0 Å². The highest BCUT2D eigenvalue weighted by atomic mass is 32.2.